The molecular weight excluding hydrogens is 146 g/mol. The van der Waals surface area contributed by atoms with Gasteiger partial charge in [-0.25, -0.2) is 4.79 Å². The first-order valence-corrected chi connectivity index (χ1v) is 2.81. The Hall–Kier alpha value is -1.96. The average Bonchev–Trinajstić information content (AvgIpc) is 2.34. The standard InChI is InChI=1S/C6H5N3O2/c7-3-4-1-2-8-5(4)9-6(10)11/h1-2,8-9H,(H,10,11). The fraction of sp³-hybridized carbons (Fsp3) is 0. The first kappa shape index (κ1) is 7.15. The highest BCUT2D eigenvalue weighted by Gasteiger charge is 2.04. The van der Waals surface area contributed by atoms with Gasteiger partial charge in [0.2, 0.25) is 0 Å². The number of hydrogen-bond donors (Lipinski definition) is 3. The zero-order chi connectivity index (χ0) is 8.27. The van der Waals surface area contributed by atoms with Gasteiger partial charge in [0.05, 0.1) is 5.56 Å². The van der Waals surface area contributed by atoms with Crippen LogP contribution in [0.15, 0.2) is 12.3 Å². The number of rotatable bonds is 1. The second-order valence-electron chi connectivity index (χ2n) is 1.81. The molecule has 0 bridgehead atoms. The summed E-state index contributed by atoms with van der Waals surface area (Å²) in [6, 6.07) is 3.32. The molecule has 0 saturated heterocycles. The molecule has 5 nitrogen and oxygen atoms in total. The number of aromatic nitrogens is 1. The minimum Gasteiger partial charge on any atom is -0.465 e. The van der Waals surface area contributed by atoms with Crippen molar-refractivity contribution < 1.29 is 9.90 Å². The Kier molecular flexibility index (Phi) is 1.79. The van der Waals surface area contributed by atoms with Gasteiger partial charge in [0, 0.05) is 6.20 Å². The highest BCUT2D eigenvalue weighted by Crippen LogP contribution is 2.09. The predicted molar refractivity (Wildman–Crippen MR) is 37.2 cm³/mol. The Labute approximate surface area is 62.3 Å². The SMILES string of the molecule is N#Cc1cc[nH]c1NC(=O)O. The highest BCUT2D eigenvalue weighted by atomic mass is 16.4. The molecule has 1 aromatic rings. The number of carboxylic acid groups (broad SMARTS) is 1. The molecule has 0 atom stereocenters. The van der Waals surface area contributed by atoms with Crippen molar-refractivity contribution >= 4 is 11.9 Å². The maximum absolute atomic E-state index is 10.1. The number of amides is 1. The van der Waals surface area contributed by atoms with Crippen molar-refractivity contribution in [3.8, 4) is 6.07 Å². The van der Waals surface area contributed by atoms with Gasteiger partial charge in [0.1, 0.15) is 11.9 Å². The van der Waals surface area contributed by atoms with Crippen LogP contribution in [-0.2, 0) is 0 Å². The molecule has 1 amide bonds. The van der Waals surface area contributed by atoms with E-state index < -0.39 is 6.09 Å². The predicted octanol–water partition coefficient (Wildman–Crippen LogP) is 0.976. The molecule has 0 unspecified atom stereocenters. The Balaban J connectivity index is 2.87. The van der Waals surface area contributed by atoms with E-state index in [4.69, 9.17) is 10.4 Å². The molecule has 0 aliphatic rings. The van der Waals surface area contributed by atoms with E-state index in [1.807, 2.05) is 11.4 Å². The molecular formula is C6H5N3O2. The lowest BCUT2D eigenvalue weighted by Crippen LogP contribution is -2.08. The maximum Gasteiger partial charge on any atom is 0.410 e. The van der Waals surface area contributed by atoms with Gasteiger partial charge in [-0.2, -0.15) is 5.26 Å². The van der Waals surface area contributed by atoms with Gasteiger partial charge < -0.3 is 10.1 Å². The number of aromatic amines is 1. The summed E-state index contributed by atoms with van der Waals surface area (Å²) in [6.07, 6.45) is 0.299. The number of anilines is 1. The number of nitrogens with zero attached hydrogens (tertiary/aromatic N) is 1. The lowest BCUT2D eigenvalue weighted by atomic mass is 10.3. The summed E-state index contributed by atoms with van der Waals surface area (Å²) in [4.78, 5) is 12.7. The molecule has 1 rings (SSSR count). The Morgan fingerprint density at radius 1 is 1.82 bits per heavy atom. The van der Waals surface area contributed by atoms with E-state index in [-0.39, 0.29) is 11.4 Å². The topological polar surface area (TPSA) is 88.9 Å². The number of hydrogen-bond acceptors (Lipinski definition) is 2. The minimum atomic E-state index is -1.19. The molecule has 3 N–H and O–H groups in total. The van der Waals surface area contributed by atoms with E-state index in [9.17, 15) is 4.79 Å². The third kappa shape index (κ3) is 1.49. The van der Waals surface area contributed by atoms with E-state index in [0.29, 0.717) is 0 Å². The molecule has 0 aliphatic heterocycles. The van der Waals surface area contributed by atoms with Gasteiger partial charge in [0.25, 0.3) is 0 Å². The molecule has 0 fully saturated rings. The number of nitrogens with one attached hydrogen (secondary N) is 2. The molecule has 0 spiro atoms. The largest absolute Gasteiger partial charge is 0.465 e. The van der Waals surface area contributed by atoms with Crippen LogP contribution >= 0.6 is 0 Å². The quantitative estimate of drug-likeness (QED) is 0.558. The van der Waals surface area contributed by atoms with Gasteiger partial charge in [-0.15, -0.1) is 0 Å². The monoisotopic (exact) mass is 151 g/mol. The lowest BCUT2D eigenvalue weighted by Gasteiger charge is -1.94. The molecule has 0 aromatic carbocycles. The Morgan fingerprint density at radius 2 is 2.55 bits per heavy atom. The zero-order valence-corrected chi connectivity index (χ0v) is 5.46. The summed E-state index contributed by atoms with van der Waals surface area (Å²) in [7, 11) is 0. The van der Waals surface area contributed by atoms with Crippen molar-refractivity contribution in [1.29, 1.82) is 5.26 Å². The van der Waals surface area contributed by atoms with E-state index in [1.54, 1.807) is 0 Å². The van der Waals surface area contributed by atoms with Crippen molar-refractivity contribution in [2.45, 2.75) is 0 Å². The van der Waals surface area contributed by atoms with Crippen LogP contribution in [0.25, 0.3) is 0 Å². The van der Waals surface area contributed by atoms with Crippen molar-refractivity contribution in [2.24, 2.45) is 0 Å². The van der Waals surface area contributed by atoms with E-state index in [0.717, 1.165) is 0 Å². The number of H-pyrrole nitrogens is 1. The zero-order valence-electron chi connectivity index (χ0n) is 5.46. The van der Waals surface area contributed by atoms with Crippen molar-refractivity contribution in [3.63, 3.8) is 0 Å². The molecule has 56 valence electrons. The summed E-state index contributed by atoms with van der Waals surface area (Å²) < 4.78 is 0. The first-order chi connectivity index (χ1) is 5.24. The van der Waals surface area contributed by atoms with Gasteiger partial charge >= 0.3 is 6.09 Å². The van der Waals surface area contributed by atoms with Gasteiger partial charge in [0.15, 0.2) is 0 Å². The van der Waals surface area contributed by atoms with Crippen LogP contribution in [0, 0.1) is 11.3 Å². The fourth-order valence-corrected chi connectivity index (χ4v) is 0.673. The van der Waals surface area contributed by atoms with Crippen LogP contribution in [0.3, 0.4) is 0 Å². The smallest absolute Gasteiger partial charge is 0.410 e. The van der Waals surface area contributed by atoms with Crippen molar-refractivity contribution in [1.82, 2.24) is 4.98 Å². The maximum atomic E-state index is 10.1. The Bertz CT molecular complexity index is 310. The third-order valence-electron chi connectivity index (χ3n) is 1.10. The average molecular weight is 151 g/mol. The summed E-state index contributed by atoms with van der Waals surface area (Å²) in [5.74, 6) is 0.208. The molecule has 5 heteroatoms. The summed E-state index contributed by atoms with van der Waals surface area (Å²) >= 11 is 0. The highest BCUT2D eigenvalue weighted by molar-refractivity contribution is 5.83. The molecule has 1 aromatic heterocycles. The molecule has 1 heterocycles. The summed E-state index contributed by atoms with van der Waals surface area (Å²) in [5.41, 5.74) is 0.285. The summed E-state index contributed by atoms with van der Waals surface area (Å²) in [5, 5.41) is 18.7. The molecule has 0 radical (unpaired) electrons. The summed E-state index contributed by atoms with van der Waals surface area (Å²) in [6.45, 7) is 0. The van der Waals surface area contributed by atoms with Crippen LogP contribution in [0.4, 0.5) is 10.6 Å². The van der Waals surface area contributed by atoms with E-state index in [1.165, 1.54) is 12.3 Å². The minimum absolute atomic E-state index is 0.208. The third-order valence-corrected chi connectivity index (χ3v) is 1.10. The van der Waals surface area contributed by atoms with E-state index >= 15 is 0 Å². The van der Waals surface area contributed by atoms with Crippen molar-refractivity contribution in [3.05, 3.63) is 17.8 Å². The first-order valence-electron chi connectivity index (χ1n) is 2.81. The Morgan fingerprint density at radius 3 is 3.09 bits per heavy atom. The van der Waals surface area contributed by atoms with Gasteiger partial charge in [-0.3, -0.25) is 5.32 Å². The normalized spacial score (nSPS) is 8.64. The lowest BCUT2D eigenvalue weighted by molar-refractivity contribution is 0.209. The molecule has 0 saturated carbocycles. The number of nitriles is 1. The van der Waals surface area contributed by atoms with Crippen LogP contribution in [0.1, 0.15) is 5.56 Å². The number of carbonyl (C=O) groups is 1. The molecule has 0 aliphatic carbocycles. The van der Waals surface area contributed by atoms with Crippen molar-refractivity contribution in [2.75, 3.05) is 5.32 Å². The van der Waals surface area contributed by atoms with Crippen LogP contribution in [0.5, 0.6) is 0 Å². The van der Waals surface area contributed by atoms with Crippen LogP contribution < -0.4 is 5.32 Å². The van der Waals surface area contributed by atoms with E-state index in [2.05, 4.69) is 4.98 Å². The second-order valence-corrected chi connectivity index (χ2v) is 1.81. The molecule has 11 heavy (non-hydrogen) atoms. The fourth-order valence-electron chi connectivity index (χ4n) is 0.673. The van der Waals surface area contributed by atoms with Gasteiger partial charge in [-0.1, -0.05) is 0 Å². The van der Waals surface area contributed by atoms with Gasteiger partial charge in [-0.05, 0) is 6.07 Å². The van der Waals surface area contributed by atoms with Crippen LogP contribution in [-0.4, -0.2) is 16.2 Å². The van der Waals surface area contributed by atoms with Crippen LogP contribution in [0.2, 0.25) is 0 Å². The second kappa shape index (κ2) is 2.75.